The number of amides is 1. The summed E-state index contributed by atoms with van der Waals surface area (Å²) in [6, 6.07) is 5.20. The fraction of sp³-hybridized carbons (Fsp3) is 0.462. The molecule has 0 atom stereocenters. The molecule has 0 aromatic heterocycles. The van der Waals surface area contributed by atoms with Crippen molar-refractivity contribution >= 4 is 29.1 Å². The maximum atomic E-state index is 12.5. The standard InChI is InChI=1S/C13H18Cl2N2O/c1-8(2)16-17(9(3)4)13(18)12-10(14)6-5-7-11(12)15/h5-9,16H,1-4H3. The highest BCUT2D eigenvalue weighted by Crippen LogP contribution is 2.25. The molecule has 0 radical (unpaired) electrons. The molecule has 0 fully saturated rings. The van der Waals surface area contributed by atoms with E-state index in [4.69, 9.17) is 23.2 Å². The Morgan fingerprint density at radius 2 is 1.67 bits per heavy atom. The maximum Gasteiger partial charge on any atom is 0.271 e. The molecule has 0 saturated heterocycles. The van der Waals surface area contributed by atoms with Gasteiger partial charge in [0.15, 0.2) is 0 Å². The van der Waals surface area contributed by atoms with E-state index < -0.39 is 0 Å². The highest BCUT2D eigenvalue weighted by molar-refractivity contribution is 6.39. The summed E-state index contributed by atoms with van der Waals surface area (Å²) in [4.78, 5) is 12.5. The molecule has 1 amide bonds. The lowest BCUT2D eigenvalue weighted by atomic mass is 10.2. The molecule has 0 saturated carbocycles. The largest absolute Gasteiger partial charge is 0.271 e. The van der Waals surface area contributed by atoms with Crippen LogP contribution in [0.1, 0.15) is 38.1 Å². The lowest BCUT2D eigenvalue weighted by molar-refractivity contribution is 0.0550. The summed E-state index contributed by atoms with van der Waals surface area (Å²) in [5.74, 6) is -0.214. The number of nitrogens with one attached hydrogen (secondary N) is 1. The zero-order valence-corrected chi connectivity index (χ0v) is 12.5. The van der Waals surface area contributed by atoms with E-state index in [1.165, 1.54) is 0 Å². The molecule has 1 rings (SSSR count). The molecular weight excluding hydrogens is 271 g/mol. The van der Waals surface area contributed by atoms with Gasteiger partial charge in [-0.2, -0.15) is 0 Å². The lowest BCUT2D eigenvalue weighted by Gasteiger charge is -2.30. The SMILES string of the molecule is CC(C)NN(C(=O)c1c(Cl)cccc1Cl)C(C)C. The average Bonchev–Trinajstić information content (AvgIpc) is 2.24. The molecule has 1 N–H and O–H groups in total. The van der Waals surface area contributed by atoms with Crippen LogP contribution in [0.15, 0.2) is 18.2 Å². The third-order valence-electron chi connectivity index (χ3n) is 2.31. The van der Waals surface area contributed by atoms with Crippen LogP contribution in [-0.4, -0.2) is 23.0 Å². The van der Waals surface area contributed by atoms with Crippen molar-refractivity contribution in [3.8, 4) is 0 Å². The third kappa shape index (κ3) is 3.61. The Balaban J connectivity index is 3.10. The van der Waals surface area contributed by atoms with Crippen molar-refractivity contribution in [2.24, 2.45) is 0 Å². The molecule has 0 bridgehead atoms. The fourth-order valence-electron chi connectivity index (χ4n) is 1.54. The van der Waals surface area contributed by atoms with Crippen LogP contribution in [0.3, 0.4) is 0 Å². The molecule has 100 valence electrons. The van der Waals surface area contributed by atoms with Gasteiger partial charge in [-0.15, -0.1) is 0 Å². The molecule has 1 aromatic rings. The summed E-state index contributed by atoms with van der Waals surface area (Å²) in [6.45, 7) is 7.80. The molecule has 0 unspecified atom stereocenters. The van der Waals surface area contributed by atoms with Gasteiger partial charge in [0, 0.05) is 12.1 Å². The van der Waals surface area contributed by atoms with E-state index in [2.05, 4.69) is 5.43 Å². The topological polar surface area (TPSA) is 32.3 Å². The van der Waals surface area contributed by atoms with Crippen molar-refractivity contribution < 1.29 is 4.79 Å². The van der Waals surface area contributed by atoms with Crippen molar-refractivity contribution in [2.75, 3.05) is 0 Å². The Morgan fingerprint density at radius 3 is 2.06 bits per heavy atom. The molecule has 0 aliphatic heterocycles. The number of rotatable bonds is 4. The minimum Gasteiger partial charge on any atom is -0.271 e. The second-order valence-electron chi connectivity index (χ2n) is 4.65. The Hall–Kier alpha value is -0.770. The minimum atomic E-state index is -0.214. The van der Waals surface area contributed by atoms with Gasteiger partial charge in [0.25, 0.3) is 5.91 Å². The zero-order chi connectivity index (χ0) is 13.9. The van der Waals surface area contributed by atoms with E-state index in [1.807, 2.05) is 27.7 Å². The summed E-state index contributed by atoms with van der Waals surface area (Å²) < 4.78 is 0. The molecular formula is C13H18Cl2N2O. The summed E-state index contributed by atoms with van der Waals surface area (Å²) in [5.41, 5.74) is 3.43. The molecule has 3 nitrogen and oxygen atoms in total. The Morgan fingerprint density at radius 1 is 1.17 bits per heavy atom. The molecule has 0 aliphatic carbocycles. The number of halogens is 2. The smallest absolute Gasteiger partial charge is 0.271 e. The second kappa shape index (κ2) is 6.41. The van der Waals surface area contributed by atoms with Gasteiger partial charge < -0.3 is 0 Å². The third-order valence-corrected chi connectivity index (χ3v) is 2.94. The van der Waals surface area contributed by atoms with Crippen LogP contribution in [0.4, 0.5) is 0 Å². The average molecular weight is 289 g/mol. The van der Waals surface area contributed by atoms with Crippen LogP contribution in [0, 0.1) is 0 Å². The van der Waals surface area contributed by atoms with Gasteiger partial charge >= 0.3 is 0 Å². The number of carbonyl (C=O) groups is 1. The van der Waals surface area contributed by atoms with Crippen molar-refractivity contribution in [1.29, 1.82) is 0 Å². The number of nitrogens with zero attached hydrogens (tertiary/aromatic N) is 1. The first-order valence-electron chi connectivity index (χ1n) is 5.88. The molecule has 0 aliphatic rings. The highest BCUT2D eigenvalue weighted by atomic mass is 35.5. The Labute approximate surface area is 118 Å². The summed E-state index contributed by atoms with van der Waals surface area (Å²) in [7, 11) is 0. The number of carbonyl (C=O) groups excluding carboxylic acids is 1. The first kappa shape index (κ1) is 15.3. The van der Waals surface area contributed by atoms with E-state index >= 15 is 0 Å². The van der Waals surface area contributed by atoms with Crippen molar-refractivity contribution in [1.82, 2.24) is 10.4 Å². The first-order chi connectivity index (χ1) is 8.34. The molecule has 18 heavy (non-hydrogen) atoms. The number of benzene rings is 1. The van der Waals surface area contributed by atoms with E-state index in [1.54, 1.807) is 23.2 Å². The summed E-state index contributed by atoms with van der Waals surface area (Å²) >= 11 is 12.1. The predicted octanol–water partition coefficient (Wildman–Crippen LogP) is 3.76. The van der Waals surface area contributed by atoms with Crippen LogP contribution in [0.5, 0.6) is 0 Å². The van der Waals surface area contributed by atoms with Crippen LogP contribution in [-0.2, 0) is 0 Å². The van der Waals surface area contributed by atoms with E-state index in [-0.39, 0.29) is 18.0 Å². The number of hydrogen-bond acceptors (Lipinski definition) is 2. The van der Waals surface area contributed by atoms with Gasteiger partial charge in [-0.05, 0) is 39.8 Å². The van der Waals surface area contributed by atoms with Crippen LogP contribution in [0.2, 0.25) is 10.0 Å². The van der Waals surface area contributed by atoms with Crippen LogP contribution in [0.25, 0.3) is 0 Å². The molecule has 5 heteroatoms. The van der Waals surface area contributed by atoms with Gasteiger partial charge in [-0.25, -0.2) is 5.43 Å². The highest BCUT2D eigenvalue weighted by Gasteiger charge is 2.23. The van der Waals surface area contributed by atoms with Gasteiger partial charge in [0.1, 0.15) is 0 Å². The maximum absolute atomic E-state index is 12.5. The lowest BCUT2D eigenvalue weighted by Crippen LogP contribution is -2.50. The van der Waals surface area contributed by atoms with Crippen LogP contribution < -0.4 is 5.43 Å². The zero-order valence-electron chi connectivity index (χ0n) is 11.0. The van der Waals surface area contributed by atoms with Crippen molar-refractivity contribution in [2.45, 2.75) is 39.8 Å². The van der Waals surface area contributed by atoms with Crippen molar-refractivity contribution in [3.63, 3.8) is 0 Å². The summed E-state index contributed by atoms with van der Waals surface area (Å²) in [6.07, 6.45) is 0. The number of hydrazine groups is 1. The Bertz CT molecular complexity index is 413. The van der Waals surface area contributed by atoms with Gasteiger partial charge in [0.05, 0.1) is 15.6 Å². The monoisotopic (exact) mass is 288 g/mol. The van der Waals surface area contributed by atoms with Crippen LogP contribution >= 0.6 is 23.2 Å². The second-order valence-corrected chi connectivity index (χ2v) is 5.46. The van der Waals surface area contributed by atoms with E-state index in [0.29, 0.717) is 15.6 Å². The molecule has 0 spiro atoms. The fourth-order valence-corrected chi connectivity index (χ4v) is 2.10. The molecule has 1 aromatic carbocycles. The molecule has 0 heterocycles. The van der Waals surface area contributed by atoms with Gasteiger partial charge in [-0.3, -0.25) is 9.80 Å². The number of hydrogen-bond donors (Lipinski definition) is 1. The minimum absolute atomic E-state index is 0.00670. The van der Waals surface area contributed by atoms with Crippen molar-refractivity contribution in [3.05, 3.63) is 33.8 Å². The normalized spacial score (nSPS) is 11.1. The summed E-state index contributed by atoms with van der Waals surface area (Å²) in [5, 5.41) is 2.28. The predicted molar refractivity (Wildman–Crippen MR) is 76.0 cm³/mol. The first-order valence-corrected chi connectivity index (χ1v) is 6.64. The van der Waals surface area contributed by atoms with E-state index in [9.17, 15) is 4.79 Å². The Kier molecular flexibility index (Phi) is 5.45. The van der Waals surface area contributed by atoms with Gasteiger partial charge in [0.2, 0.25) is 0 Å². The van der Waals surface area contributed by atoms with E-state index in [0.717, 1.165) is 0 Å². The van der Waals surface area contributed by atoms with Gasteiger partial charge in [-0.1, -0.05) is 29.3 Å². The quantitative estimate of drug-likeness (QED) is 0.856.